The third-order valence-electron chi connectivity index (χ3n) is 3.05. The fourth-order valence-corrected chi connectivity index (χ4v) is 2.04. The Kier molecular flexibility index (Phi) is 3.21. The van der Waals surface area contributed by atoms with Crippen LogP contribution >= 0.6 is 0 Å². The number of para-hydroxylation sites is 1. The summed E-state index contributed by atoms with van der Waals surface area (Å²) in [5, 5.41) is 4.10. The predicted molar refractivity (Wildman–Crippen MR) is 80.3 cm³/mol. The lowest BCUT2D eigenvalue weighted by atomic mass is 10.2. The lowest BCUT2D eigenvalue weighted by Gasteiger charge is -2.09. The van der Waals surface area contributed by atoms with Gasteiger partial charge in [0.2, 0.25) is 0 Å². The van der Waals surface area contributed by atoms with Gasteiger partial charge in [0.1, 0.15) is 11.3 Å². The number of pyridine rings is 2. The van der Waals surface area contributed by atoms with Crippen LogP contribution in [0.1, 0.15) is 5.69 Å². The van der Waals surface area contributed by atoms with E-state index < -0.39 is 0 Å². The first kappa shape index (κ1) is 12.4. The Balaban J connectivity index is 2.03. The molecule has 100 valence electrons. The summed E-state index contributed by atoms with van der Waals surface area (Å²) in [5.74, 6) is 1.42. The lowest BCUT2D eigenvalue weighted by Crippen LogP contribution is -1.93. The summed E-state index contributed by atoms with van der Waals surface area (Å²) in [7, 11) is 1.85. The molecule has 1 aromatic carbocycles. The molecule has 0 atom stereocenters. The van der Waals surface area contributed by atoms with Gasteiger partial charge in [-0.05, 0) is 19.1 Å². The number of benzene rings is 1. The molecule has 0 amide bonds. The van der Waals surface area contributed by atoms with Gasteiger partial charge in [-0.1, -0.05) is 18.2 Å². The van der Waals surface area contributed by atoms with E-state index in [1.807, 2.05) is 50.4 Å². The number of nitrogens with one attached hydrogen (secondary N) is 1. The molecule has 0 radical (unpaired) electrons. The number of ether oxygens (including phenoxy) is 1. The Bertz CT molecular complexity index is 756. The third kappa shape index (κ3) is 2.40. The second-order valence-corrected chi connectivity index (χ2v) is 4.54. The summed E-state index contributed by atoms with van der Waals surface area (Å²) in [5.41, 5.74) is 2.74. The molecule has 3 aromatic rings. The molecular formula is C16H15N3O. The zero-order chi connectivity index (χ0) is 13.9. The monoisotopic (exact) mass is 265 g/mol. The van der Waals surface area contributed by atoms with Gasteiger partial charge in [-0.15, -0.1) is 0 Å². The molecule has 0 saturated heterocycles. The second-order valence-electron chi connectivity index (χ2n) is 4.54. The summed E-state index contributed by atoms with van der Waals surface area (Å²) in [6, 6.07) is 11.9. The molecule has 3 rings (SSSR count). The average molecular weight is 265 g/mol. The summed E-state index contributed by atoms with van der Waals surface area (Å²) in [4.78, 5) is 8.69. The van der Waals surface area contributed by atoms with Crippen molar-refractivity contribution in [1.82, 2.24) is 9.97 Å². The second kappa shape index (κ2) is 5.17. The van der Waals surface area contributed by atoms with Crippen molar-refractivity contribution in [2.75, 3.05) is 12.4 Å². The van der Waals surface area contributed by atoms with Crippen LogP contribution in [0.5, 0.6) is 11.5 Å². The fraction of sp³-hybridized carbons (Fsp3) is 0.125. The van der Waals surface area contributed by atoms with Crippen molar-refractivity contribution in [3.05, 3.63) is 54.5 Å². The number of fused-ring (bicyclic) bond motifs is 1. The first-order valence-corrected chi connectivity index (χ1v) is 6.43. The number of nitrogens with zero attached hydrogens (tertiary/aromatic N) is 2. The maximum Gasteiger partial charge on any atom is 0.153 e. The van der Waals surface area contributed by atoms with Crippen LogP contribution in [0.25, 0.3) is 10.9 Å². The van der Waals surface area contributed by atoms with Crippen LogP contribution in [-0.4, -0.2) is 17.0 Å². The minimum atomic E-state index is 0.688. The van der Waals surface area contributed by atoms with E-state index >= 15 is 0 Å². The van der Waals surface area contributed by atoms with E-state index in [1.165, 1.54) is 0 Å². The highest BCUT2D eigenvalue weighted by atomic mass is 16.5. The molecule has 4 heteroatoms. The van der Waals surface area contributed by atoms with Crippen molar-refractivity contribution in [2.24, 2.45) is 0 Å². The molecular weight excluding hydrogens is 250 g/mol. The smallest absolute Gasteiger partial charge is 0.153 e. The topological polar surface area (TPSA) is 47.0 Å². The molecule has 0 fully saturated rings. The largest absolute Gasteiger partial charge is 0.453 e. The fourth-order valence-electron chi connectivity index (χ4n) is 2.04. The Morgan fingerprint density at radius 3 is 2.85 bits per heavy atom. The number of hydrogen-bond acceptors (Lipinski definition) is 4. The maximum atomic E-state index is 5.92. The van der Waals surface area contributed by atoms with Crippen LogP contribution in [0.15, 0.2) is 48.8 Å². The first-order chi connectivity index (χ1) is 9.76. The van der Waals surface area contributed by atoms with Crippen molar-refractivity contribution >= 4 is 16.6 Å². The zero-order valence-corrected chi connectivity index (χ0v) is 11.4. The third-order valence-corrected chi connectivity index (χ3v) is 3.05. The van der Waals surface area contributed by atoms with Crippen molar-refractivity contribution in [3.8, 4) is 11.5 Å². The Morgan fingerprint density at radius 1 is 1.10 bits per heavy atom. The van der Waals surface area contributed by atoms with Gasteiger partial charge in [-0.3, -0.25) is 4.98 Å². The van der Waals surface area contributed by atoms with Gasteiger partial charge in [0.15, 0.2) is 5.75 Å². The molecule has 0 aliphatic rings. The molecule has 0 spiro atoms. The number of aryl methyl sites for hydroxylation is 1. The molecule has 1 N–H and O–H groups in total. The Morgan fingerprint density at radius 2 is 2.00 bits per heavy atom. The van der Waals surface area contributed by atoms with Crippen LogP contribution in [0.3, 0.4) is 0 Å². The van der Waals surface area contributed by atoms with Crippen LogP contribution < -0.4 is 10.1 Å². The predicted octanol–water partition coefficient (Wildman–Crippen LogP) is 3.77. The normalized spacial score (nSPS) is 10.5. The number of rotatable bonds is 3. The van der Waals surface area contributed by atoms with Gasteiger partial charge in [-0.25, -0.2) is 4.98 Å². The number of anilines is 1. The van der Waals surface area contributed by atoms with Gasteiger partial charge in [0.05, 0.1) is 18.1 Å². The van der Waals surface area contributed by atoms with Crippen molar-refractivity contribution < 1.29 is 4.74 Å². The average Bonchev–Trinajstić information content (AvgIpc) is 2.48. The van der Waals surface area contributed by atoms with E-state index in [-0.39, 0.29) is 0 Å². The first-order valence-electron chi connectivity index (χ1n) is 6.43. The molecule has 2 heterocycles. The SMILES string of the molecule is CNc1cncc(Oc2cccc3ccc(C)nc23)c1. The highest BCUT2D eigenvalue weighted by Crippen LogP contribution is 2.29. The summed E-state index contributed by atoms with van der Waals surface area (Å²) in [6.07, 6.45) is 3.44. The van der Waals surface area contributed by atoms with Crippen molar-refractivity contribution in [2.45, 2.75) is 6.92 Å². The molecule has 0 saturated carbocycles. The molecule has 0 aliphatic heterocycles. The molecule has 0 unspecified atom stereocenters. The van der Waals surface area contributed by atoms with Crippen LogP contribution in [0, 0.1) is 6.92 Å². The lowest BCUT2D eigenvalue weighted by molar-refractivity contribution is 0.485. The molecule has 2 aromatic heterocycles. The maximum absolute atomic E-state index is 5.92. The standard InChI is InChI=1S/C16H15N3O/c1-11-6-7-12-4-3-5-15(16(12)19-11)20-14-8-13(17-2)9-18-10-14/h3-10,17H,1-2H3. The minimum absolute atomic E-state index is 0.688. The van der Waals surface area contributed by atoms with Gasteiger partial charge in [0.25, 0.3) is 0 Å². The number of hydrogen-bond donors (Lipinski definition) is 1. The highest BCUT2D eigenvalue weighted by Gasteiger charge is 2.06. The van der Waals surface area contributed by atoms with Crippen molar-refractivity contribution in [1.29, 1.82) is 0 Å². The zero-order valence-electron chi connectivity index (χ0n) is 11.4. The molecule has 20 heavy (non-hydrogen) atoms. The van der Waals surface area contributed by atoms with Gasteiger partial charge in [0, 0.05) is 24.2 Å². The minimum Gasteiger partial charge on any atom is -0.453 e. The Labute approximate surface area is 117 Å². The van der Waals surface area contributed by atoms with E-state index in [2.05, 4.69) is 15.3 Å². The van der Waals surface area contributed by atoms with Crippen molar-refractivity contribution in [3.63, 3.8) is 0 Å². The van der Waals surface area contributed by atoms with E-state index in [0.29, 0.717) is 5.75 Å². The number of aromatic nitrogens is 2. The molecule has 0 bridgehead atoms. The van der Waals surface area contributed by atoms with Gasteiger partial charge < -0.3 is 10.1 Å². The van der Waals surface area contributed by atoms with E-state index in [4.69, 9.17) is 4.74 Å². The van der Waals surface area contributed by atoms with Crippen LogP contribution in [0.4, 0.5) is 5.69 Å². The summed E-state index contributed by atoms with van der Waals surface area (Å²) < 4.78 is 5.92. The Hall–Kier alpha value is -2.62. The van der Waals surface area contributed by atoms with Gasteiger partial charge in [-0.2, -0.15) is 0 Å². The molecule has 4 nitrogen and oxygen atoms in total. The summed E-state index contributed by atoms with van der Waals surface area (Å²) >= 11 is 0. The van der Waals surface area contributed by atoms with Gasteiger partial charge >= 0.3 is 0 Å². The van der Waals surface area contributed by atoms with Crippen LogP contribution in [-0.2, 0) is 0 Å². The van der Waals surface area contributed by atoms with Crippen LogP contribution in [0.2, 0.25) is 0 Å². The molecule has 0 aliphatic carbocycles. The highest BCUT2D eigenvalue weighted by molar-refractivity contribution is 5.84. The summed E-state index contributed by atoms with van der Waals surface area (Å²) in [6.45, 7) is 1.97. The van der Waals surface area contributed by atoms with E-state index in [0.717, 1.165) is 28.0 Å². The quantitative estimate of drug-likeness (QED) is 0.783. The van der Waals surface area contributed by atoms with E-state index in [9.17, 15) is 0 Å². The van der Waals surface area contributed by atoms with E-state index in [1.54, 1.807) is 12.4 Å².